The van der Waals surface area contributed by atoms with Crippen molar-refractivity contribution in [3.8, 4) is 46.5 Å². The van der Waals surface area contributed by atoms with E-state index < -0.39 is 0 Å². The van der Waals surface area contributed by atoms with Crippen molar-refractivity contribution in [2.45, 2.75) is 0 Å². The summed E-state index contributed by atoms with van der Waals surface area (Å²) in [6.45, 7) is 0. The zero-order chi connectivity index (χ0) is 43.7. The predicted molar refractivity (Wildman–Crippen MR) is 262 cm³/mol. The van der Waals surface area contributed by atoms with Crippen LogP contribution in [-0.4, -0.2) is 18.8 Å². The molecule has 0 fully saturated rings. The highest BCUT2D eigenvalue weighted by Crippen LogP contribution is 2.52. The third-order valence-electron chi connectivity index (χ3n) is 14.1. The minimum absolute atomic E-state index is 0.494. The van der Waals surface area contributed by atoms with Crippen LogP contribution >= 0.6 is 0 Å². The maximum Gasteiger partial charge on any atom is 0.100 e. The van der Waals surface area contributed by atoms with Crippen molar-refractivity contribution in [1.29, 1.82) is 21.0 Å². The molecule has 0 amide bonds. The van der Waals surface area contributed by atoms with Crippen LogP contribution in [0.25, 0.3) is 142 Å². The molecule has 15 aromatic rings. The summed E-state index contributed by atoms with van der Waals surface area (Å²) < 4.78 is 4.55. The van der Waals surface area contributed by atoms with Crippen LogP contribution in [0.3, 0.4) is 0 Å². The van der Waals surface area contributed by atoms with E-state index >= 15 is 0 Å². The molecule has 8 heteroatoms. The average molecular weight is 833 g/mol. The van der Waals surface area contributed by atoms with Crippen LogP contribution in [0.15, 0.2) is 146 Å². The fourth-order valence-electron chi connectivity index (χ4n) is 11.6. The second-order valence-corrected chi connectivity index (χ2v) is 17.3. The molecule has 0 saturated carbocycles. The Morgan fingerprint density at radius 1 is 0.318 bits per heavy atom. The standard InChI is InChI=1S/C58H24N8/c59-25-29-11-17-45-39(19-29)41-21-31(27-61)23-43-49-53-54(50-44-24-32(28-62)22-42-40-20-30(26-60)12-18-46(40)66(56(42)44)58(50)57(49)65(45)55(41)43)64-52-38-16-14-36(34-9-5-2-6-10-34)47-35(33-7-3-1-4-8-33)13-15-37(48(38)47)51(52)63-53/h1-24H. The normalized spacial score (nSPS) is 12.2. The van der Waals surface area contributed by atoms with Gasteiger partial charge < -0.3 is 8.80 Å². The maximum atomic E-state index is 10.6. The van der Waals surface area contributed by atoms with E-state index in [4.69, 9.17) is 9.97 Å². The van der Waals surface area contributed by atoms with Crippen LogP contribution in [0.2, 0.25) is 0 Å². The summed E-state index contributed by atoms with van der Waals surface area (Å²) in [5.74, 6) is 0. The van der Waals surface area contributed by atoms with Crippen molar-refractivity contribution >= 4 is 120 Å². The van der Waals surface area contributed by atoms with Gasteiger partial charge in [0.15, 0.2) is 0 Å². The first-order chi connectivity index (χ1) is 32.6. The van der Waals surface area contributed by atoms with Gasteiger partial charge in [-0.15, -0.1) is 0 Å². The van der Waals surface area contributed by atoms with E-state index in [2.05, 4.69) is 106 Å². The lowest BCUT2D eigenvalue weighted by Crippen LogP contribution is -1.92. The van der Waals surface area contributed by atoms with Crippen molar-refractivity contribution in [2.24, 2.45) is 0 Å². The number of benzene rings is 9. The molecule has 0 saturated heterocycles. The largest absolute Gasteiger partial charge is 0.306 e. The van der Waals surface area contributed by atoms with Crippen molar-refractivity contribution in [2.75, 3.05) is 0 Å². The fourth-order valence-corrected chi connectivity index (χ4v) is 11.6. The van der Waals surface area contributed by atoms with Crippen molar-refractivity contribution in [3.05, 3.63) is 168 Å². The number of fused-ring (bicyclic) bond motifs is 19. The minimum Gasteiger partial charge on any atom is -0.306 e. The molecule has 0 N–H and O–H groups in total. The van der Waals surface area contributed by atoms with Crippen LogP contribution in [0.4, 0.5) is 0 Å². The lowest BCUT2D eigenvalue weighted by molar-refractivity contribution is 1.33. The van der Waals surface area contributed by atoms with E-state index in [-0.39, 0.29) is 0 Å². The van der Waals surface area contributed by atoms with Crippen LogP contribution in [0.5, 0.6) is 0 Å². The summed E-state index contributed by atoms with van der Waals surface area (Å²) in [6, 6.07) is 58.6. The summed E-state index contributed by atoms with van der Waals surface area (Å²) >= 11 is 0. The number of aromatic nitrogens is 4. The lowest BCUT2D eigenvalue weighted by Gasteiger charge is -2.13. The summed E-state index contributed by atoms with van der Waals surface area (Å²) in [5.41, 5.74) is 14.9. The summed E-state index contributed by atoms with van der Waals surface area (Å²) in [5, 5.41) is 52.4. The van der Waals surface area contributed by atoms with E-state index in [0.717, 1.165) is 131 Å². The van der Waals surface area contributed by atoms with Gasteiger partial charge in [-0.25, -0.2) is 9.97 Å². The van der Waals surface area contributed by atoms with Crippen LogP contribution in [-0.2, 0) is 0 Å². The summed E-state index contributed by atoms with van der Waals surface area (Å²) in [6.07, 6.45) is 0. The molecule has 15 rings (SSSR count). The van der Waals surface area contributed by atoms with Crippen molar-refractivity contribution < 1.29 is 0 Å². The molecule has 0 unspecified atom stereocenters. The van der Waals surface area contributed by atoms with E-state index in [9.17, 15) is 21.0 Å². The number of rotatable bonds is 2. The Hall–Kier alpha value is -9.86. The van der Waals surface area contributed by atoms with Gasteiger partial charge in [0, 0.05) is 59.2 Å². The second-order valence-electron chi connectivity index (χ2n) is 17.3. The van der Waals surface area contributed by atoms with Crippen LogP contribution in [0, 0.1) is 45.3 Å². The van der Waals surface area contributed by atoms with Gasteiger partial charge in [0.2, 0.25) is 0 Å². The molecule has 0 aliphatic rings. The molecule has 0 bridgehead atoms. The van der Waals surface area contributed by atoms with E-state index in [0.29, 0.717) is 33.3 Å². The topological polar surface area (TPSA) is 130 Å². The molecule has 0 aliphatic carbocycles. The number of hydrogen-bond acceptors (Lipinski definition) is 6. The van der Waals surface area contributed by atoms with E-state index in [1.165, 1.54) is 0 Å². The van der Waals surface area contributed by atoms with Gasteiger partial charge in [-0.1, -0.05) is 84.9 Å². The number of nitrogens with zero attached hydrogens (tertiary/aromatic N) is 8. The van der Waals surface area contributed by atoms with Gasteiger partial charge in [0.1, 0.15) is 11.0 Å². The maximum absolute atomic E-state index is 10.6. The van der Waals surface area contributed by atoms with Crippen molar-refractivity contribution in [1.82, 2.24) is 18.8 Å². The summed E-state index contributed by atoms with van der Waals surface area (Å²) in [4.78, 5) is 11.6. The third kappa shape index (κ3) is 4.06. The van der Waals surface area contributed by atoms with E-state index in [1.807, 2.05) is 72.8 Å². The molecule has 8 nitrogen and oxygen atoms in total. The molecule has 5 aromatic heterocycles. The zero-order valence-electron chi connectivity index (χ0n) is 34.4. The Kier molecular flexibility index (Phi) is 6.30. The van der Waals surface area contributed by atoms with Gasteiger partial charge >= 0.3 is 0 Å². The Morgan fingerprint density at radius 2 is 0.727 bits per heavy atom. The lowest BCUT2D eigenvalue weighted by atomic mass is 9.90. The van der Waals surface area contributed by atoms with Gasteiger partial charge in [0.05, 0.1) is 90.7 Å². The average Bonchev–Trinajstić information content (AvgIpc) is 4.16. The highest BCUT2D eigenvalue weighted by Gasteiger charge is 2.31. The van der Waals surface area contributed by atoms with Crippen molar-refractivity contribution in [3.63, 3.8) is 0 Å². The summed E-state index contributed by atoms with van der Waals surface area (Å²) in [7, 11) is 0. The molecular weight excluding hydrogens is 809 g/mol. The van der Waals surface area contributed by atoms with Gasteiger partial charge in [-0.05, 0) is 88.3 Å². The monoisotopic (exact) mass is 832 g/mol. The Balaban J connectivity index is 1.24. The second kappa shape index (κ2) is 12.0. The molecule has 0 atom stereocenters. The third-order valence-corrected chi connectivity index (χ3v) is 14.1. The number of nitriles is 4. The van der Waals surface area contributed by atoms with Gasteiger partial charge in [-0.3, -0.25) is 0 Å². The smallest absolute Gasteiger partial charge is 0.100 e. The van der Waals surface area contributed by atoms with Crippen LogP contribution in [0.1, 0.15) is 22.3 Å². The highest BCUT2D eigenvalue weighted by atomic mass is 15.0. The molecule has 0 radical (unpaired) electrons. The molecule has 296 valence electrons. The molecule has 0 spiro atoms. The molecular formula is C58H24N8. The molecule has 0 aliphatic heterocycles. The fraction of sp³-hybridized carbons (Fsp3) is 0. The predicted octanol–water partition coefficient (Wildman–Crippen LogP) is 13.6. The Labute approximate surface area is 372 Å². The minimum atomic E-state index is 0.494. The van der Waals surface area contributed by atoms with Gasteiger partial charge in [0.25, 0.3) is 0 Å². The molecule has 10 aromatic carbocycles. The quantitative estimate of drug-likeness (QED) is 0.170. The first kappa shape index (κ1) is 34.7. The molecule has 66 heavy (non-hydrogen) atoms. The zero-order valence-corrected chi connectivity index (χ0v) is 34.4. The molecule has 5 heterocycles. The Morgan fingerprint density at radius 3 is 1.15 bits per heavy atom. The van der Waals surface area contributed by atoms with Gasteiger partial charge in [-0.2, -0.15) is 21.0 Å². The van der Waals surface area contributed by atoms with Crippen LogP contribution < -0.4 is 0 Å². The van der Waals surface area contributed by atoms with E-state index in [1.54, 1.807) is 0 Å². The number of hydrogen-bond donors (Lipinski definition) is 0. The first-order valence-electron chi connectivity index (χ1n) is 21.6. The highest BCUT2D eigenvalue weighted by molar-refractivity contribution is 6.41. The Bertz CT molecular complexity index is 4590. The first-order valence-corrected chi connectivity index (χ1v) is 21.6. The SMILES string of the molecule is N#Cc1ccc2c(c1)c1cc(C#N)cc3c4c5nc6c7ccc(-c8ccccc8)c8c(-c9ccccc9)ccc(c6nc5c5c6cc(C#N)cc9c%10cc(C#N)ccc%10n(c96)c5c4n2c13)c87.